The molecule has 1 heterocycles. The van der Waals surface area contributed by atoms with Gasteiger partial charge >= 0.3 is 0 Å². The summed E-state index contributed by atoms with van der Waals surface area (Å²) in [6.45, 7) is 2.29. The number of aromatic nitrogens is 1. The number of pyridine rings is 1. The van der Waals surface area contributed by atoms with Gasteiger partial charge in [-0.15, -0.1) is 0 Å². The lowest BCUT2D eigenvalue weighted by molar-refractivity contribution is 0.299. The Labute approximate surface area is 125 Å². The van der Waals surface area contributed by atoms with E-state index in [1.807, 2.05) is 25.1 Å². The number of hydrogen-bond donors (Lipinski definition) is 2. The van der Waals surface area contributed by atoms with Gasteiger partial charge in [0.2, 0.25) is 0 Å². The quantitative estimate of drug-likeness (QED) is 0.657. The van der Waals surface area contributed by atoms with Crippen molar-refractivity contribution in [1.29, 1.82) is 0 Å². The Morgan fingerprint density at radius 3 is 2.84 bits per heavy atom. The largest absolute Gasteiger partial charge is 0.486 e. The summed E-state index contributed by atoms with van der Waals surface area (Å²) in [5.74, 6) is 6.61. The van der Waals surface area contributed by atoms with Gasteiger partial charge in [-0.1, -0.05) is 17.7 Å². The van der Waals surface area contributed by atoms with Gasteiger partial charge in [0.1, 0.15) is 18.2 Å². The Morgan fingerprint density at radius 1 is 1.37 bits per heavy atom. The predicted molar refractivity (Wildman–Crippen MR) is 80.3 cm³/mol. The monoisotopic (exact) mass is 341 g/mol. The summed E-state index contributed by atoms with van der Waals surface area (Å²) in [4.78, 5) is 4.24. The number of nitrogens with two attached hydrogens (primary N) is 1. The van der Waals surface area contributed by atoms with Crippen LogP contribution in [0.4, 0.5) is 5.82 Å². The summed E-state index contributed by atoms with van der Waals surface area (Å²) in [6.07, 6.45) is 0. The highest BCUT2D eigenvalue weighted by Gasteiger charge is 2.07. The van der Waals surface area contributed by atoms with Crippen LogP contribution in [0.25, 0.3) is 0 Å². The van der Waals surface area contributed by atoms with Crippen LogP contribution in [-0.4, -0.2) is 4.98 Å². The zero-order valence-corrected chi connectivity index (χ0v) is 12.6. The van der Waals surface area contributed by atoms with Crippen molar-refractivity contribution in [2.45, 2.75) is 13.5 Å². The van der Waals surface area contributed by atoms with Crippen molar-refractivity contribution in [2.75, 3.05) is 5.43 Å². The van der Waals surface area contributed by atoms with Crippen molar-refractivity contribution in [3.05, 3.63) is 51.1 Å². The fraction of sp³-hybridized carbons (Fsp3) is 0.154. The molecule has 0 atom stereocenters. The van der Waals surface area contributed by atoms with E-state index in [-0.39, 0.29) is 6.61 Å². The van der Waals surface area contributed by atoms with Gasteiger partial charge in [-0.3, -0.25) is 0 Å². The average molecular weight is 343 g/mol. The van der Waals surface area contributed by atoms with Gasteiger partial charge in [-0.2, -0.15) is 0 Å². The van der Waals surface area contributed by atoms with Crippen molar-refractivity contribution < 1.29 is 4.74 Å². The van der Waals surface area contributed by atoms with E-state index in [0.717, 1.165) is 15.8 Å². The first-order chi connectivity index (χ1) is 9.10. The molecule has 0 bridgehead atoms. The predicted octanol–water partition coefficient (Wildman–Crippen LogP) is 3.67. The van der Waals surface area contributed by atoms with E-state index in [4.69, 9.17) is 22.2 Å². The normalized spacial score (nSPS) is 10.3. The standard InChI is InChI=1S/C13H13BrClN3O/c1-8-2-4-12(9(14)6-8)19-7-11-10(15)3-5-13(17-11)18-16/h2-6H,7,16H2,1H3,(H,17,18). The van der Waals surface area contributed by atoms with Gasteiger partial charge in [-0.25, -0.2) is 10.8 Å². The molecule has 2 aromatic rings. The SMILES string of the molecule is Cc1ccc(OCc2nc(NN)ccc2Cl)c(Br)c1. The van der Waals surface area contributed by atoms with Gasteiger partial charge in [-0.05, 0) is 52.7 Å². The van der Waals surface area contributed by atoms with E-state index in [2.05, 4.69) is 26.3 Å². The molecule has 0 aliphatic carbocycles. The smallest absolute Gasteiger partial charge is 0.140 e. The number of benzene rings is 1. The minimum absolute atomic E-state index is 0.274. The maximum Gasteiger partial charge on any atom is 0.140 e. The molecular formula is C13H13BrClN3O. The molecule has 100 valence electrons. The number of halogens is 2. The van der Waals surface area contributed by atoms with Crippen molar-refractivity contribution in [3.8, 4) is 5.75 Å². The second-order valence-electron chi connectivity index (χ2n) is 3.99. The molecule has 4 nitrogen and oxygen atoms in total. The molecule has 6 heteroatoms. The molecule has 19 heavy (non-hydrogen) atoms. The lowest BCUT2D eigenvalue weighted by atomic mass is 10.2. The molecule has 1 aromatic carbocycles. The molecule has 0 aliphatic heterocycles. The van der Waals surface area contributed by atoms with Crippen LogP contribution in [-0.2, 0) is 6.61 Å². The molecule has 0 aliphatic rings. The molecule has 2 rings (SSSR count). The second-order valence-corrected chi connectivity index (χ2v) is 5.25. The number of anilines is 1. The third-order valence-electron chi connectivity index (χ3n) is 2.52. The third-order valence-corrected chi connectivity index (χ3v) is 3.48. The Morgan fingerprint density at radius 2 is 2.16 bits per heavy atom. The van der Waals surface area contributed by atoms with Gasteiger partial charge in [0.15, 0.2) is 0 Å². The first-order valence-electron chi connectivity index (χ1n) is 5.61. The van der Waals surface area contributed by atoms with Gasteiger partial charge < -0.3 is 10.2 Å². The molecule has 0 saturated carbocycles. The number of nitrogens with one attached hydrogen (secondary N) is 1. The first kappa shape index (κ1) is 14.1. The van der Waals surface area contributed by atoms with Crippen molar-refractivity contribution in [2.24, 2.45) is 5.84 Å². The van der Waals surface area contributed by atoms with Crippen LogP contribution in [0.1, 0.15) is 11.3 Å². The summed E-state index contributed by atoms with van der Waals surface area (Å²) in [5.41, 5.74) is 4.26. The summed E-state index contributed by atoms with van der Waals surface area (Å²) < 4.78 is 6.60. The molecule has 0 fully saturated rings. The topological polar surface area (TPSA) is 60.2 Å². The number of hydrogen-bond acceptors (Lipinski definition) is 4. The third kappa shape index (κ3) is 3.59. The van der Waals surface area contributed by atoms with Crippen molar-refractivity contribution in [1.82, 2.24) is 4.98 Å². The molecular weight excluding hydrogens is 330 g/mol. The highest BCUT2D eigenvalue weighted by atomic mass is 79.9. The Balaban J connectivity index is 2.14. The molecule has 0 spiro atoms. The highest BCUT2D eigenvalue weighted by Crippen LogP contribution is 2.27. The average Bonchev–Trinajstić information content (AvgIpc) is 2.39. The second kappa shape index (κ2) is 6.23. The van der Waals surface area contributed by atoms with E-state index in [1.54, 1.807) is 12.1 Å². The van der Waals surface area contributed by atoms with Gasteiger partial charge in [0.05, 0.1) is 15.2 Å². The number of nitrogen functional groups attached to an aromatic ring is 1. The Bertz CT molecular complexity index is 592. The van der Waals surface area contributed by atoms with E-state index in [9.17, 15) is 0 Å². The minimum Gasteiger partial charge on any atom is -0.486 e. The number of hydrazine groups is 1. The summed E-state index contributed by atoms with van der Waals surface area (Å²) in [6, 6.07) is 9.30. The maximum absolute atomic E-state index is 6.06. The Hall–Kier alpha value is -1.30. The van der Waals surface area contributed by atoms with Crippen molar-refractivity contribution >= 4 is 33.3 Å². The van der Waals surface area contributed by atoms with Crippen LogP contribution in [0.15, 0.2) is 34.8 Å². The first-order valence-corrected chi connectivity index (χ1v) is 6.78. The van der Waals surface area contributed by atoms with E-state index in [1.165, 1.54) is 0 Å². The van der Waals surface area contributed by atoms with Crippen LogP contribution in [0.2, 0.25) is 5.02 Å². The van der Waals surface area contributed by atoms with Crippen LogP contribution < -0.4 is 16.0 Å². The molecule has 0 saturated heterocycles. The van der Waals surface area contributed by atoms with Crippen LogP contribution in [0, 0.1) is 6.92 Å². The highest BCUT2D eigenvalue weighted by molar-refractivity contribution is 9.10. The molecule has 0 radical (unpaired) electrons. The van der Waals surface area contributed by atoms with E-state index < -0.39 is 0 Å². The van der Waals surface area contributed by atoms with E-state index in [0.29, 0.717) is 16.5 Å². The van der Waals surface area contributed by atoms with Crippen molar-refractivity contribution in [3.63, 3.8) is 0 Å². The van der Waals surface area contributed by atoms with Gasteiger partial charge in [0, 0.05) is 0 Å². The summed E-state index contributed by atoms with van der Waals surface area (Å²) >= 11 is 9.52. The number of aryl methyl sites for hydroxylation is 1. The number of ether oxygens (including phenoxy) is 1. The van der Waals surface area contributed by atoms with Crippen LogP contribution in [0.5, 0.6) is 5.75 Å². The molecule has 3 N–H and O–H groups in total. The minimum atomic E-state index is 0.274. The lowest BCUT2D eigenvalue weighted by Crippen LogP contribution is -2.10. The molecule has 1 aromatic heterocycles. The van der Waals surface area contributed by atoms with Crippen LogP contribution in [0.3, 0.4) is 0 Å². The maximum atomic E-state index is 6.06. The summed E-state index contributed by atoms with van der Waals surface area (Å²) in [7, 11) is 0. The zero-order chi connectivity index (χ0) is 13.8. The zero-order valence-electron chi connectivity index (χ0n) is 10.3. The molecule has 0 amide bonds. The number of rotatable bonds is 4. The Kier molecular flexibility index (Phi) is 4.63. The summed E-state index contributed by atoms with van der Waals surface area (Å²) in [5, 5.41) is 0.544. The van der Waals surface area contributed by atoms with E-state index >= 15 is 0 Å². The molecule has 0 unspecified atom stereocenters. The fourth-order valence-electron chi connectivity index (χ4n) is 1.54. The number of nitrogens with zero attached hydrogens (tertiary/aromatic N) is 1. The van der Waals surface area contributed by atoms with Gasteiger partial charge in [0.25, 0.3) is 0 Å². The fourth-order valence-corrected chi connectivity index (χ4v) is 2.30. The van der Waals surface area contributed by atoms with Crippen LogP contribution >= 0.6 is 27.5 Å². The lowest BCUT2D eigenvalue weighted by Gasteiger charge is -2.10.